The second-order valence-corrected chi connectivity index (χ2v) is 5.14. The number of nitrogens with one attached hydrogen (secondary N) is 1. The fourth-order valence-corrected chi connectivity index (χ4v) is 3.09. The van der Waals surface area contributed by atoms with E-state index in [0.29, 0.717) is 18.2 Å². The molecule has 3 heterocycles. The van der Waals surface area contributed by atoms with Gasteiger partial charge in [-0.05, 0) is 32.7 Å². The van der Waals surface area contributed by atoms with Gasteiger partial charge in [-0.3, -0.25) is 0 Å². The van der Waals surface area contributed by atoms with Crippen LogP contribution in [0.4, 0.5) is 0 Å². The molecule has 0 aromatic carbocycles. The van der Waals surface area contributed by atoms with Crippen molar-refractivity contribution in [2.75, 3.05) is 20.1 Å². The van der Waals surface area contributed by atoms with E-state index < -0.39 is 0 Å². The fraction of sp³-hybridized carbons (Fsp3) is 1.00. The number of hydrogen-bond donors (Lipinski definition) is 1. The van der Waals surface area contributed by atoms with Crippen LogP contribution in [0.2, 0.25) is 0 Å². The molecule has 0 aromatic rings. The summed E-state index contributed by atoms with van der Waals surface area (Å²) < 4.78 is 5.93. The highest BCUT2D eigenvalue weighted by atomic mass is 16.5. The summed E-state index contributed by atoms with van der Waals surface area (Å²) >= 11 is 0. The van der Waals surface area contributed by atoms with Crippen LogP contribution in [0.3, 0.4) is 0 Å². The third-order valence-electron chi connectivity index (χ3n) is 3.90. The summed E-state index contributed by atoms with van der Waals surface area (Å²) in [6.07, 6.45) is 6.31. The van der Waals surface area contributed by atoms with Crippen LogP contribution < -0.4 is 5.32 Å². The minimum absolute atomic E-state index is 0.527. The van der Waals surface area contributed by atoms with Gasteiger partial charge in [0.1, 0.15) is 0 Å². The molecule has 3 unspecified atom stereocenters. The summed E-state index contributed by atoms with van der Waals surface area (Å²) in [5.74, 6) is 0. The zero-order chi connectivity index (χ0) is 9.54. The lowest BCUT2D eigenvalue weighted by atomic mass is 10.0. The van der Waals surface area contributed by atoms with Crippen LogP contribution >= 0.6 is 0 Å². The quantitative estimate of drug-likeness (QED) is 0.700. The Hall–Kier alpha value is -0.120. The molecule has 3 rings (SSSR count). The third-order valence-corrected chi connectivity index (χ3v) is 3.90. The molecule has 3 fully saturated rings. The summed E-state index contributed by atoms with van der Waals surface area (Å²) in [5, 5.41) is 3.75. The number of likely N-dealkylation sites (N-methyl/N-ethyl adjacent to an activating group) is 1. The Labute approximate surface area is 85.8 Å². The molecule has 0 spiro atoms. The largest absolute Gasteiger partial charge is 0.373 e. The van der Waals surface area contributed by atoms with Crippen LogP contribution in [-0.2, 0) is 4.74 Å². The molecule has 0 saturated carbocycles. The maximum Gasteiger partial charge on any atom is 0.0732 e. The number of nitrogens with zero attached hydrogens (tertiary/aromatic N) is 1. The lowest BCUT2D eigenvalue weighted by Crippen LogP contribution is -2.60. The Balaban J connectivity index is 1.52. The molecule has 1 N–H and O–H groups in total. The van der Waals surface area contributed by atoms with E-state index in [-0.39, 0.29) is 0 Å². The van der Waals surface area contributed by atoms with E-state index in [9.17, 15) is 0 Å². The van der Waals surface area contributed by atoms with Crippen molar-refractivity contribution in [3.63, 3.8) is 0 Å². The van der Waals surface area contributed by atoms with Crippen molar-refractivity contribution in [3.05, 3.63) is 0 Å². The average molecular weight is 196 g/mol. The Kier molecular flexibility index (Phi) is 2.26. The maximum absolute atomic E-state index is 5.93. The molecule has 3 aliphatic heterocycles. The number of likely N-dealkylation sites (tertiary alicyclic amines) is 1. The van der Waals surface area contributed by atoms with Crippen LogP contribution in [0, 0.1) is 0 Å². The first-order valence-electron chi connectivity index (χ1n) is 5.91. The van der Waals surface area contributed by atoms with Crippen molar-refractivity contribution in [3.8, 4) is 0 Å². The van der Waals surface area contributed by atoms with Gasteiger partial charge in [-0.1, -0.05) is 0 Å². The molecule has 3 atom stereocenters. The van der Waals surface area contributed by atoms with E-state index in [4.69, 9.17) is 4.74 Å². The van der Waals surface area contributed by atoms with Gasteiger partial charge in [0.25, 0.3) is 0 Å². The molecule has 0 amide bonds. The van der Waals surface area contributed by atoms with Crippen molar-refractivity contribution < 1.29 is 4.74 Å². The maximum atomic E-state index is 5.93. The van der Waals surface area contributed by atoms with E-state index in [0.717, 1.165) is 6.04 Å². The second-order valence-electron chi connectivity index (χ2n) is 5.14. The molecule has 3 nitrogen and oxygen atoms in total. The van der Waals surface area contributed by atoms with Gasteiger partial charge in [0.15, 0.2) is 0 Å². The van der Waals surface area contributed by atoms with E-state index in [1.165, 1.54) is 38.8 Å². The van der Waals surface area contributed by atoms with E-state index in [2.05, 4.69) is 17.3 Å². The molecule has 2 bridgehead atoms. The first kappa shape index (κ1) is 9.13. The van der Waals surface area contributed by atoms with Gasteiger partial charge in [-0.25, -0.2) is 0 Å². The van der Waals surface area contributed by atoms with Gasteiger partial charge in [-0.2, -0.15) is 0 Å². The molecule has 0 aromatic heterocycles. The molecule has 14 heavy (non-hydrogen) atoms. The molecular weight excluding hydrogens is 176 g/mol. The Morgan fingerprint density at radius 3 is 2.71 bits per heavy atom. The van der Waals surface area contributed by atoms with Gasteiger partial charge in [0, 0.05) is 25.2 Å². The van der Waals surface area contributed by atoms with Crippen molar-refractivity contribution >= 4 is 0 Å². The summed E-state index contributed by atoms with van der Waals surface area (Å²) in [6, 6.07) is 1.37. The van der Waals surface area contributed by atoms with Gasteiger partial charge in [0.05, 0.1) is 12.2 Å². The fourth-order valence-electron chi connectivity index (χ4n) is 3.09. The summed E-state index contributed by atoms with van der Waals surface area (Å²) in [7, 11) is 2.18. The number of ether oxygens (including phenoxy) is 1. The summed E-state index contributed by atoms with van der Waals surface area (Å²) in [6.45, 7) is 2.43. The van der Waals surface area contributed by atoms with Gasteiger partial charge < -0.3 is 15.0 Å². The van der Waals surface area contributed by atoms with Crippen molar-refractivity contribution in [1.82, 2.24) is 10.2 Å². The highest BCUT2D eigenvalue weighted by Gasteiger charge is 2.38. The van der Waals surface area contributed by atoms with Crippen LogP contribution in [0.5, 0.6) is 0 Å². The van der Waals surface area contributed by atoms with Crippen molar-refractivity contribution in [1.29, 1.82) is 0 Å². The molecule has 0 radical (unpaired) electrons. The molecule has 3 heteroatoms. The van der Waals surface area contributed by atoms with E-state index >= 15 is 0 Å². The molecular formula is C11H20N2O. The molecule has 80 valence electrons. The Morgan fingerprint density at radius 2 is 1.93 bits per heavy atom. The van der Waals surface area contributed by atoms with Crippen LogP contribution in [-0.4, -0.2) is 49.3 Å². The minimum Gasteiger partial charge on any atom is -0.373 e. The van der Waals surface area contributed by atoms with E-state index in [1.54, 1.807) is 0 Å². The zero-order valence-corrected chi connectivity index (χ0v) is 8.91. The highest BCUT2D eigenvalue weighted by Crippen LogP contribution is 2.32. The monoisotopic (exact) mass is 196 g/mol. The zero-order valence-electron chi connectivity index (χ0n) is 8.91. The van der Waals surface area contributed by atoms with Crippen molar-refractivity contribution in [2.45, 2.75) is 50.0 Å². The van der Waals surface area contributed by atoms with Crippen molar-refractivity contribution in [2.24, 2.45) is 0 Å². The summed E-state index contributed by atoms with van der Waals surface area (Å²) in [4.78, 5) is 2.36. The first-order chi connectivity index (χ1) is 6.81. The predicted molar refractivity (Wildman–Crippen MR) is 55.3 cm³/mol. The smallest absolute Gasteiger partial charge is 0.0732 e. The van der Waals surface area contributed by atoms with Gasteiger partial charge >= 0.3 is 0 Å². The van der Waals surface area contributed by atoms with Crippen LogP contribution in [0.15, 0.2) is 0 Å². The molecule has 3 saturated heterocycles. The van der Waals surface area contributed by atoms with Crippen LogP contribution in [0.1, 0.15) is 25.7 Å². The van der Waals surface area contributed by atoms with Crippen LogP contribution in [0.25, 0.3) is 0 Å². The lowest BCUT2D eigenvalue weighted by Gasteiger charge is -2.41. The standard InChI is InChI=1S/C11H20N2O/c1-13-6-8(7-13)12-10-4-2-9-3-5-11(10)14-9/h8-12H,2-7H2,1H3. The number of hydrogen-bond acceptors (Lipinski definition) is 3. The minimum atomic E-state index is 0.527. The Bertz CT molecular complexity index is 215. The molecule has 3 aliphatic rings. The normalized spacial score (nSPS) is 43.9. The van der Waals surface area contributed by atoms with E-state index in [1.807, 2.05) is 0 Å². The first-order valence-corrected chi connectivity index (χ1v) is 5.91. The molecule has 0 aliphatic carbocycles. The summed E-state index contributed by atoms with van der Waals surface area (Å²) in [5.41, 5.74) is 0. The Morgan fingerprint density at radius 1 is 1.14 bits per heavy atom. The highest BCUT2D eigenvalue weighted by molar-refractivity contribution is 4.94. The lowest BCUT2D eigenvalue weighted by molar-refractivity contribution is -0.0249. The number of rotatable bonds is 2. The SMILES string of the molecule is CN1CC(NC2CCC3CCC2O3)C1. The predicted octanol–water partition coefficient (Wildman–Crippen LogP) is 0.600. The van der Waals surface area contributed by atoms with Gasteiger partial charge in [-0.15, -0.1) is 0 Å². The van der Waals surface area contributed by atoms with Gasteiger partial charge in [0.2, 0.25) is 0 Å². The average Bonchev–Trinajstić information content (AvgIpc) is 2.51. The number of fused-ring (bicyclic) bond motifs is 2. The second kappa shape index (κ2) is 3.47. The third kappa shape index (κ3) is 1.58. The topological polar surface area (TPSA) is 24.5 Å².